The lowest BCUT2D eigenvalue weighted by molar-refractivity contribution is 0.240. The van der Waals surface area contributed by atoms with Crippen molar-refractivity contribution in [2.24, 2.45) is 0 Å². The van der Waals surface area contributed by atoms with Crippen LogP contribution < -0.4 is 4.74 Å². The van der Waals surface area contributed by atoms with Crippen LogP contribution in [0, 0.1) is 13.8 Å². The molecule has 96 valence electrons. The number of rotatable bonds is 4. The first-order chi connectivity index (χ1) is 8.58. The second kappa shape index (κ2) is 5.21. The molecule has 0 fully saturated rings. The third kappa shape index (κ3) is 2.70. The monoisotopic (exact) mass is 246 g/mol. The number of para-hydroxylation sites is 1. The van der Waals surface area contributed by atoms with Gasteiger partial charge in [0.15, 0.2) is 12.4 Å². The molecule has 1 heterocycles. The van der Waals surface area contributed by atoms with Crippen LogP contribution in [0.25, 0.3) is 0 Å². The fourth-order valence-corrected chi connectivity index (χ4v) is 1.72. The van der Waals surface area contributed by atoms with Gasteiger partial charge in [0, 0.05) is 5.92 Å². The molecule has 0 aliphatic rings. The van der Waals surface area contributed by atoms with E-state index in [1.54, 1.807) is 0 Å². The Balaban J connectivity index is 2.07. The maximum atomic E-state index is 5.75. The van der Waals surface area contributed by atoms with Gasteiger partial charge in [-0.15, -0.1) is 0 Å². The highest BCUT2D eigenvalue weighted by atomic mass is 16.5. The van der Waals surface area contributed by atoms with Crippen molar-refractivity contribution in [1.82, 2.24) is 10.1 Å². The number of aryl methyl sites for hydroxylation is 2. The predicted octanol–water partition coefficient (Wildman–Crippen LogP) is 3.39. The zero-order valence-electron chi connectivity index (χ0n) is 11.2. The lowest BCUT2D eigenvalue weighted by Crippen LogP contribution is -1.99. The summed E-state index contributed by atoms with van der Waals surface area (Å²) in [5.74, 6) is 2.39. The topological polar surface area (TPSA) is 48.2 Å². The Kier molecular flexibility index (Phi) is 3.65. The molecule has 0 aliphatic carbocycles. The highest BCUT2D eigenvalue weighted by Crippen LogP contribution is 2.23. The summed E-state index contributed by atoms with van der Waals surface area (Å²) in [6, 6.07) is 6.06. The first-order valence-electron chi connectivity index (χ1n) is 6.09. The lowest BCUT2D eigenvalue weighted by Gasteiger charge is -2.09. The Morgan fingerprint density at radius 1 is 1.22 bits per heavy atom. The number of benzene rings is 1. The summed E-state index contributed by atoms with van der Waals surface area (Å²) in [6.45, 7) is 8.42. The van der Waals surface area contributed by atoms with Gasteiger partial charge in [-0.25, -0.2) is 0 Å². The van der Waals surface area contributed by atoms with Crippen LogP contribution in [-0.2, 0) is 6.61 Å². The molecular weight excluding hydrogens is 228 g/mol. The summed E-state index contributed by atoms with van der Waals surface area (Å²) in [6.07, 6.45) is 0. The smallest absolute Gasteiger partial charge is 0.264 e. The Morgan fingerprint density at radius 2 is 1.89 bits per heavy atom. The summed E-state index contributed by atoms with van der Waals surface area (Å²) >= 11 is 0. The molecular formula is C14H18N2O2. The SMILES string of the molecule is Cc1cccc(C)c1OCc1nc(C(C)C)no1. The first kappa shape index (κ1) is 12.6. The lowest BCUT2D eigenvalue weighted by atomic mass is 10.1. The predicted molar refractivity (Wildman–Crippen MR) is 68.6 cm³/mol. The first-order valence-corrected chi connectivity index (χ1v) is 6.09. The van der Waals surface area contributed by atoms with E-state index in [4.69, 9.17) is 9.26 Å². The van der Waals surface area contributed by atoms with Crippen molar-refractivity contribution in [3.05, 3.63) is 41.0 Å². The van der Waals surface area contributed by atoms with Crippen molar-refractivity contribution < 1.29 is 9.26 Å². The minimum atomic E-state index is 0.266. The largest absolute Gasteiger partial charge is 0.483 e. The summed E-state index contributed by atoms with van der Waals surface area (Å²) < 4.78 is 10.9. The molecule has 0 spiro atoms. The normalized spacial score (nSPS) is 10.9. The molecule has 0 amide bonds. The van der Waals surface area contributed by atoms with Gasteiger partial charge in [-0.3, -0.25) is 0 Å². The van der Waals surface area contributed by atoms with E-state index in [1.165, 1.54) is 0 Å². The van der Waals surface area contributed by atoms with E-state index in [0.717, 1.165) is 22.7 Å². The zero-order valence-corrected chi connectivity index (χ0v) is 11.2. The number of ether oxygens (including phenoxy) is 1. The molecule has 0 radical (unpaired) electrons. The van der Waals surface area contributed by atoms with Gasteiger partial charge in [0.2, 0.25) is 0 Å². The van der Waals surface area contributed by atoms with E-state index in [-0.39, 0.29) is 5.92 Å². The molecule has 2 aromatic rings. The van der Waals surface area contributed by atoms with Crippen LogP contribution >= 0.6 is 0 Å². The van der Waals surface area contributed by atoms with Crippen molar-refractivity contribution in [3.63, 3.8) is 0 Å². The fraction of sp³-hybridized carbons (Fsp3) is 0.429. The number of aromatic nitrogens is 2. The van der Waals surface area contributed by atoms with Gasteiger partial charge in [-0.1, -0.05) is 37.2 Å². The quantitative estimate of drug-likeness (QED) is 0.829. The van der Waals surface area contributed by atoms with Crippen molar-refractivity contribution in [2.75, 3.05) is 0 Å². The van der Waals surface area contributed by atoms with Gasteiger partial charge in [0.05, 0.1) is 0 Å². The highest BCUT2D eigenvalue weighted by Gasteiger charge is 2.11. The molecule has 0 aliphatic heterocycles. The molecule has 2 rings (SSSR count). The Bertz CT molecular complexity index is 512. The van der Waals surface area contributed by atoms with Gasteiger partial charge in [-0.2, -0.15) is 4.98 Å². The van der Waals surface area contributed by atoms with Crippen LogP contribution in [0.1, 0.15) is 42.6 Å². The van der Waals surface area contributed by atoms with Crippen LogP contribution in [0.4, 0.5) is 0 Å². The van der Waals surface area contributed by atoms with Crippen molar-refractivity contribution in [2.45, 2.75) is 40.2 Å². The zero-order chi connectivity index (χ0) is 13.1. The standard InChI is InChI=1S/C14H18N2O2/c1-9(2)14-15-12(18-16-14)8-17-13-10(3)6-5-7-11(13)4/h5-7,9H,8H2,1-4H3. The molecule has 0 saturated carbocycles. The van der Waals surface area contributed by atoms with Gasteiger partial charge >= 0.3 is 0 Å². The minimum Gasteiger partial charge on any atom is -0.483 e. The Hall–Kier alpha value is -1.84. The molecule has 0 bridgehead atoms. The molecule has 0 saturated heterocycles. The highest BCUT2D eigenvalue weighted by molar-refractivity contribution is 5.39. The van der Waals surface area contributed by atoms with Crippen LogP contribution in [-0.4, -0.2) is 10.1 Å². The van der Waals surface area contributed by atoms with Gasteiger partial charge in [0.1, 0.15) is 5.75 Å². The molecule has 18 heavy (non-hydrogen) atoms. The van der Waals surface area contributed by atoms with Crippen molar-refractivity contribution in [1.29, 1.82) is 0 Å². The minimum absolute atomic E-state index is 0.266. The number of nitrogens with zero attached hydrogens (tertiary/aromatic N) is 2. The summed E-state index contributed by atoms with van der Waals surface area (Å²) in [4.78, 5) is 4.28. The summed E-state index contributed by atoms with van der Waals surface area (Å²) in [5, 5.41) is 3.91. The third-order valence-corrected chi connectivity index (χ3v) is 2.75. The van der Waals surface area contributed by atoms with E-state index in [0.29, 0.717) is 12.5 Å². The van der Waals surface area contributed by atoms with E-state index < -0.39 is 0 Å². The Labute approximate surface area is 107 Å². The van der Waals surface area contributed by atoms with Gasteiger partial charge < -0.3 is 9.26 Å². The molecule has 4 heteroatoms. The molecule has 0 atom stereocenters. The molecule has 4 nitrogen and oxygen atoms in total. The number of hydrogen-bond donors (Lipinski definition) is 0. The molecule has 0 N–H and O–H groups in total. The average molecular weight is 246 g/mol. The maximum Gasteiger partial charge on any atom is 0.264 e. The van der Waals surface area contributed by atoms with E-state index in [2.05, 4.69) is 10.1 Å². The fourth-order valence-electron chi connectivity index (χ4n) is 1.72. The molecule has 1 aromatic carbocycles. The van der Waals surface area contributed by atoms with E-state index in [9.17, 15) is 0 Å². The summed E-state index contributed by atoms with van der Waals surface area (Å²) in [5.41, 5.74) is 2.22. The Morgan fingerprint density at radius 3 is 2.44 bits per heavy atom. The number of hydrogen-bond acceptors (Lipinski definition) is 4. The van der Waals surface area contributed by atoms with Crippen molar-refractivity contribution in [3.8, 4) is 5.75 Å². The molecule has 1 aromatic heterocycles. The van der Waals surface area contributed by atoms with Gasteiger partial charge in [-0.05, 0) is 25.0 Å². The molecule has 0 unspecified atom stereocenters. The summed E-state index contributed by atoms with van der Waals surface area (Å²) in [7, 11) is 0. The second-order valence-electron chi connectivity index (χ2n) is 4.71. The van der Waals surface area contributed by atoms with Crippen LogP contribution in [0.5, 0.6) is 5.75 Å². The van der Waals surface area contributed by atoms with Gasteiger partial charge in [0.25, 0.3) is 5.89 Å². The third-order valence-electron chi connectivity index (χ3n) is 2.75. The van der Waals surface area contributed by atoms with E-state index >= 15 is 0 Å². The maximum absolute atomic E-state index is 5.75. The van der Waals surface area contributed by atoms with E-state index in [1.807, 2.05) is 45.9 Å². The van der Waals surface area contributed by atoms with Crippen molar-refractivity contribution >= 4 is 0 Å². The average Bonchev–Trinajstić information content (AvgIpc) is 2.77. The van der Waals surface area contributed by atoms with Crippen LogP contribution in [0.2, 0.25) is 0 Å². The van der Waals surface area contributed by atoms with Crippen LogP contribution in [0.3, 0.4) is 0 Å². The second-order valence-corrected chi connectivity index (χ2v) is 4.71. The van der Waals surface area contributed by atoms with Crippen LogP contribution in [0.15, 0.2) is 22.7 Å².